The van der Waals surface area contributed by atoms with E-state index in [4.69, 9.17) is 0 Å². The normalized spacial score (nSPS) is 66.1. The molecule has 15 heavy (non-hydrogen) atoms. The summed E-state index contributed by atoms with van der Waals surface area (Å²) in [6.45, 7) is 0. The summed E-state index contributed by atoms with van der Waals surface area (Å²) in [6, 6.07) is 0. The minimum atomic E-state index is 0.771. The van der Waals surface area contributed by atoms with E-state index in [1.165, 1.54) is 23.7 Å². The summed E-state index contributed by atoms with van der Waals surface area (Å²) in [4.78, 5) is 0. The Morgan fingerprint density at radius 3 is 2.40 bits per heavy atom. The molecule has 0 amide bonds. The van der Waals surface area contributed by atoms with E-state index in [0.29, 0.717) is 0 Å². The zero-order chi connectivity index (χ0) is 9.41. The molecule has 0 aromatic rings. The fraction of sp³-hybridized carbons (Fsp3) is 0.867. The first kappa shape index (κ1) is 7.14. The highest BCUT2D eigenvalue weighted by Gasteiger charge is 2.82. The number of fused-ring (bicyclic) bond motifs is 7. The van der Waals surface area contributed by atoms with E-state index in [-0.39, 0.29) is 0 Å². The number of hydrogen-bond donors (Lipinski definition) is 0. The largest absolute Gasteiger partial charge is 0.0842 e. The van der Waals surface area contributed by atoms with Crippen molar-refractivity contribution in [3.63, 3.8) is 0 Å². The van der Waals surface area contributed by atoms with E-state index in [9.17, 15) is 0 Å². The second-order valence-electron chi connectivity index (χ2n) is 7.54. The summed E-state index contributed by atoms with van der Waals surface area (Å²) in [7, 11) is 0. The number of allylic oxidation sites excluding steroid dienone is 2. The Balaban J connectivity index is 1.60. The van der Waals surface area contributed by atoms with Crippen molar-refractivity contribution in [1.82, 2.24) is 0 Å². The highest BCUT2D eigenvalue weighted by molar-refractivity contribution is 5.37. The standard InChI is InChI=1S/C15H18/c1-2-14(3-4-14)12-8(1)11-9-7-10(9)13(12)15(11)5-6-15/h1-2,8-13H,3-7H2/t8-,9+,10-,11+,12+,13-/m0/s1. The van der Waals surface area contributed by atoms with Gasteiger partial charge in [-0.2, -0.15) is 0 Å². The Morgan fingerprint density at radius 2 is 1.67 bits per heavy atom. The van der Waals surface area contributed by atoms with Crippen LogP contribution in [0.2, 0.25) is 0 Å². The summed E-state index contributed by atoms with van der Waals surface area (Å²) < 4.78 is 0. The Hall–Kier alpha value is -0.260. The Kier molecular flexibility index (Phi) is 0.787. The number of hydrogen-bond acceptors (Lipinski definition) is 0. The topological polar surface area (TPSA) is 0 Å². The molecule has 6 rings (SSSR count). The van der Waals surface area contributed by atoms with Crippen LogP contribution in [-0.4, -0.2) is 0 Å². The lowest BCUT2D eigenvalue weighted by Crippen LogP contribution is -2.25. The molecule has 0 nitrogen and oxygen atoms in total. The van der Waals surface area contributed by atoms with Gasteiger partial charge in [0.05, 0.1) is 0 Å². The van der Waals surface area contributed by atoms with Crippen molar-refractivity contribution in [2.75, 3.05) is 0 Å². The first-order valence-electron chi connectivity index (χ1n) is 7.05. The second-order valence-corrected chi connectivity index (χ2v) is 7.54. The Morgan fingerprint density at radius 1 is 0.867 bits per heavy atom. The molecule has 5 saturated carbocycles. The van der Waals surface area contributed by atoms with Gasteiger partial charge in [-0.3, -0.25) is 0 Å². The van der Waals surface area contributed by atoms with Crippen molar-refractivity contribution < 1.29 is 0 Å². The molecule has 0 N–H and O–H groups in total. The summed E-state index contributed by atoms with van der Waals surface area (Å²) in [5.74, 6) is 7.01. The predicted octanol–water partition coefficient (Wildman–Crippen LogP) is 3.24. The Labute approximate surface area is 91.1 Å². The minimum absolute atomic E-state index is 0.771. The summed E-state index contributed by atoms with van der Waals surface area (Å²) in [6.07, 6.45) is 13.3. The molecule has 2 spiro atoms. The van der Waals surface area contributed by atoms with Crippen LogP contribution in [0.4, 0.5) is 0 Å². The second kappa shape index (κ2) is 1.65. The van der Waals surface area contributed by atoms with Crippen LogP contribution in [-0.2, 0) is 0 Å². The van der Waals surface area contributed by atoms with Crippen molar-refractivity contribution in [3.05, 3.63) is 12.2 Å². The van der Waals surface area contributed by atoms with Crippen LogP contribution in [0.1, 0.15) is 32.1 Å². The first-order valence-corrected chi connectivity index (χ1v) is 7.05. The molecule has 6 atom stereocenters. The van der Waals surface area contributed by atoms with Crippen molar-refractivity contribution in [3.8, 4) is 0 Å². The van der Waals surface area contributed by atoms with Gasteiger partial charge in [-0.05, 0) is 78.4 Å². The SMILES string of the molecule is C1=CC2(CC2)[C@@H]2[C@@H]1[C@@H]1[C@@H]3C[C@@H]3[C@@H]2C12CC2. The summed E-state index contributed by atoms with van der Waals surface area (Å²) >= 11 is 0. The van der Waals surface area contributed by atoms with Gasteiger partial charge in [0.1, 0.15) is 0 Å². The van der Waals surface area contributed by atoms with Gasteiger partial charge in [0.15, 0.2) is 0 Å². The van der Waals surface area contributed by atoms with Crippen molar-refractivity contribution in [2.45, 2.75) is 32.1 Å². The third-order valence-electron chi connectivity index (χ3n) is 7.33. The minimum Gasteiger partial charge on any atom is -0.0842 e. The Bertz CT molecular complexity index is 410. The smallest absolute Gasteiger partial charge is 0.00806 e. The quantitative estimate of drug-likeness (QED) is 0.524. The molecule has 0 aliphatic heterocycles. The van der Waals surface area contributed by atoms with Crippen LogP contribution < -0.4 is 0 Å². The molecule has 0 heteroatoms. The van der Waals surface area contributed by atoms with E-state index in [1.54, 1.807) is 32.1 Å². The molecular weight excluding hydrogens is 180 g/mol. The van der Waals surface area contributed by atoms with Crippen LogP contribution in [0, 0.1) is 46.3 Å². The lowest BCUT2D eigenvalue weighted by atomic mass is 9.75. The maximum absolute atomic E-state index is 2.68. The van der Waals surface area contributed by atoms with Gasteiger partial charge in [0, 0.05) is 0 Å². The molecule has 6 aliphatic carbocycles. The highest BCUT2D eigenvalue weighted by atomic mass is 14.9. The number of rotatable bonds is 0. The van der Waals surface area contributed by atoms with Gasteiger partial charge in [0.2, 0.25) is 0 Å². The maximum Gasteiger partial charge on any atom is -0.00806 e. The van der Waals surface area contributed by atoms with Crippen molar-refractivity contribution >= 4 is 0 Å². The molecule has 0 unspecified atom stereocenters. The predicted molar refractivity (Wildman–Crippen MR) is 58.0 cm³/mol. The van der Waals surface area contributed by atoms with Gasteiger partial charge < -0.3 is 0 Å². The maximum atomic E-state index is 2.68. The van der Waals surface area contributed by atoms with Gasteiger partial charge in [-0.15, -0.1) is 0 Å². The fourth-order valence-corrected chi connectivity index (χ4v) is 6.74. The van der Waals surface area contributed by atoms with E-state index >= 15 is 0 Å². The van der Waals surface area contributed by atoms with Crippen LogP contribution in [0.15, 0.2) is 12.2 Å². The van der Waals surface area contributed by atoms with E-state index in [0.717, 1.165) is 22.7 Å². The van der Waals surface area contributed by atoms with Crippen LogP contribution in [0.25, 0.3) is 0 Å². The molecule has 0 radical (unpaired) electrons. The van der Waals surface area contributed by atoms with Gasteiger partial charge >= 0.3 is 0 Å². The van der Waals surface area contributed by atoms with Crippen LogP contribution >= 0.6 is 0 Å². The molecule has 0 saturated heterocycles. The van der Waals surface area contributed by atoms with Crippen molar-refractivity contribution in [2.24, 2.45) is 46.3 Å². The van der Waals surface area contributed by atoms with Gasteiger partial charge in [-0.25, -0.2) is 0 Å². The first-order chi connectivity index (χ1) is 7.36. The molecule has 0 aromatic heterocycles. The lowest BCUT2D eigenvalue weighted by molar-refractivity contribution is 0.196. The average molecular weight is 198 g/mol. The molecule has 78 valence electrons. The molecule has 5 fully saturated rings. The van der Waals surface area contributed by atoms with Crippen LogP contribution in [0.5, 0.6) is 0 Å². The third kappa shape index (κ3) is 0.531. The third-order valence-corrected chi connectivity index (χ3v) is 7.33. The molecular formula is C15H18. The summed E-state index contributed by atoms with van der Waals surface area (Å²) in [5, 5.41) is 0. The monoisotopic (exact) mass is 198 g/mol. The van der Waals surface area contributed by atoms with Crippen LogP contribution in [0.3, 0.4) is 0 Å². The molecule has 2 bridgehead atoms. The molecule has 0 heterocycles. The van der Waals surface area contributed by atoms with Gasteiger partial charge in [-0.1, -0.05) is 12.2 Å². The zero-order valence-corrected chi connectivity index (χ0v) is 9.15. The van der Waals surface area contributed by atoms with E-state index in [2.05, 4.69) is 12.2 Å². The highest BCUT2D eigenvalue weighted by Crippen LogP contribution is 2.88. The molecule has 6 aliphatic rings. The zero-order valence-electron chi connectivity index (χ0n) is 9.15. The van der Waals surface area contributed by atoms with E-state index in [1.807, 2.05) is 0 Å². The summed E-state index contributed by atoms with van der Waals surface area (Å²) in [5.41, 5.74) is 1.70. The van der Waals surface area contributed by atoms with E-state index < -0.39 is 0 Å². The molecule has 0 aromatic carbocycles. The lowest BCUT2D eigenvalue weighted by Gasteiger charge is -2.29. The van der Waals surface area contributed by atoms with Crippen molar-refractivity contribution in [1.29, 1.82) is 0 Å². The average Bonchev–Trinajstić information content (AvgIpc) is 3.07. The van der Waals surface area contributed by atoms with Gasteiger partial charge in [0.25, 0.3) is 0 Å². The fourth-order valence-electron chi connectivity index (χ4n) is 6.74.